The topological polar surface area (TPSA) is 64.6 Å². The van der Waals surface area contributed by atoms with Gasteiger partial charge >= 0.3 is 0 Å². The first-order chi connectivity index (χ1) is 8.49. The average molecular weight is 269 g/mol. The van der Waals surface area contributed by atoms with E-state index in [0.717, 1.165) is 19.3 Å². The van der Waals surface area contributed by atoms with Crippen LogP contribution in [-0.4, -0.2) is 20.7 Å². The highest BCUT2D eigenvalue weighted by Crippen LogP contribution is 2.36. The summed E-state index contributed by atoms with van der Waals surface area (Å²) in [6.45, 7) is 2.07. The Hall–Kier alpha value is -1.27. The minimum absolute atomic E-state index is 0.143. The van der Waals surface area contributed by atoms with Crippen LogP contribution in [-0.2, 0) is 10.0 Å². The number of fused-ring (bicyclic) bond motifs is 1. The summed E-state index contributed by atoms with van der Waals surface area (Å²) in [6, 6.07) is 4.67. The first-order valence-electron chi connectivity index (χ1n) is 5.92. The van der Waals surface area contributed by atoms with Crippen molar-refractivity contribution < 1.29 is 17.9 Å². The molecule has 98 valence electrons. The van der Waals surface area contributed by atoms with Gasteiger partial charge < -0.3 is 9.47 Å². The quantitative estimate of drug-likeness (QED) is 0.906. The maximum absolute atomic E-state index is 12.2. The summed E-state index contributed by atoms with van der Waals surface area (Å²) < 4.78 is 37.6. The first kappa shape index (κ1) is 11.8. The maximum Gasteiger partial charge on any atom is 0.241 e. The Kier molecular flexibility index (Phi) is 2.53. The van der Waals surface area contributed by atoms with Gasteiger partial charge in [-0.2, -0.15) is 0 Å². The lowest BCUT2D eigenvalue weighted by molar-refractivity contribution is 0.174. The lowest BCUT2D eigenvalue weighted by Crippen LogP contribution is -2.50. The monoisotopic (exact) mass is 269 g/mol. The number of benzene rings is 1. The summed E-state index contributed by atoms with van der Waals surface area (Å²) in [7, 11) is -3.49. The Labute approximate surface area is 106 Å². The van der Waals surface area contributed by atoms with Crippen molar-refractivity contribution in [2.24, 2.45) is 0 Å². The van der Waals surface area contributed by atoms with Crippen molar-refractivity contribution in [1.82, 2.24) is 4.72 Å². The van der Waals surface area contributed by atoms with Crippen molar-refractivity contribution in [3.63, 3.8) is 0 Å². The third-order valence-electron chi connectivity index (χ3n) is 3.49. The number of nitrogens with one attached hydrogen (secondary N) is 1. The van der Waals surface area contributed by atoms with Crippen molar-refractivity contribution in [2.45, 2.75) is 36.6 Å². The van der Waals surface area contributed by atoms with Crippen LogP contribution in [0.4, 0.5) is 0 Å². The largest absolute Gasteiger partial charge is 0.454 e. The molecule has 1 aliphatic carbocycles. The Morgan fingerprint density at radius 3 is 2.61 bits per heavy atom. The molecule has 3 rings (SSSR count). The van der Waals surface area contributed by atoms with E-state index >= 15 is 0 Å². The second-order valence-electron chi connectivity index (χ2n) is 5.03. The molecule has 2 aliphatic rings. The van der Waals surface area contributed by atoms with Crippen molar-refractivity contribution in [3.8, 4) is 11.5 Å². The van der Waals surface area contributed by atoms with E-state index in [9.17, 15) is 8.42 Å². The van der Waals surface area contributed by atoms with Crippen LogP contribution in [0, 0.1) is 0 Å². The highest BCUT2D eigenvalue weighted by Gasteiger charge is 2.36. The van der Waals surface area contributed by atoms with Crippen LogP contribution in [0.2, 0.25) is 0 Å². The molecule has 0 amide bonds. The Balaban J connectivity index is 1.89. The van der Waals surface area contributed by atoms with Gasteiger partial charge in [-0.3, -0.25) is 0 Å². The van der Waals surface area contributed by atoms with E-state index in [0.29, 0.717) is 11.5 Å². The number of sulfonamides is 1. The third-order valence-corrected chi connectivity index (χ3v) is 5.13. The second-order valence-corrected chi connectivity index (χ2v) is 6.72. The first-order valence-corrected chi connectivity index (χ1v) is 7.41. The molecule has 0 bridgehead atoms. The molecule has 0 spiro atoms. The molecule has 1 aromatic carbocycles. The molecule has 1 saturated carbocycles. The molecule has 1 fully saturated rings. The molecule has 1 aliphatic heterocycles. The van der Waals surface area contributed by atoms with E-state index in [-0.39, 0.29) is 17.2 Å². The lowest BCUT2D eigenvalue weighted by atomic mass is 9.80. The number of ether oxygens (including phenoxy) is 2. The van der Waals surface area contributed by atoms with Gasteiger partial charge in [0.25, 0.3) is 0 Å². The molecule has 18 heavy (non-hydrogen) atoms. The fraction of sp³-hybridized carbons (Fsp3) is 0.500. The number of hydrogen-bond acceptors (Lipinski definition) is 4. The summed E-state index contributed by atoms with van der Waals surface area (Å²) in [6.07, 6.45) is 2.84. The van der Waals surface area contributed by atoms with E-state index in [4.69, 9.17) is 9.47 Å². The Bertz CT molecular complexity index is 578. The third kappa shape index (κ3) is 1.95. The molecule has 1 aromatic rings. The number of rotatable bonds is 3. The maximum atomic E-state index is 12.2. The Morgan fingerprint density at radius 2 is 1.94 bits per heavy atom. The molecule has 0 radical (unpaired) electrons. The lowest BCUT2D eigenvalue weighted by Gasteiger charge is -2.38. The smallest absolute Gasteiger partial charge is 0.241 e. The summed E-state index contributed by atoms with van der Waals surface area (Å²) in [5.41, 5.74) is -0.296. The van der Waals surface area contributed by atoms with Gasteiger partial charge in [0.05, 0.1) is 4.90 Å². The van der Waals surface area contributed by atoms with Gasteiger partial charge in [0.15, 0.2) is 11.5 Å². The standard InChI is InChI=1S/C12H15NO4S/c1-12(5-2-6-12)13-18(14,15)9-3-4-10-11(7-9)17-8-16-10/h3-4,7,13H,2,5-6,8H2,1H3. The summed E-state index contributed by atoms with van der Waals surface area (Å²) in [5.74, 6) is 1.07. The van der Waals surface area contributed by atoms with Gasteiger partial charge in [-0.25, -0.2) is 13.1 Å². The fourth-order valence-corrected chi connectivity index (χ4v) is 3.72. The molecule has 1 N–H and O–H groups in total. The molecular formula is C12H15NO4S. The van der Waals surface area contributed by atoms with Crippen LogP contribution >= 0.6 is 0 Å². The fourth-order valence-electron chi connectivity index (χ4n) is 2.24. The highest BCUT2D eigenvalue weighted by molar-refractivity contribution is 7.89. The minimum Gasteiger partial charge on any atom is -0.454 e. The summed E-state index contributed by atoms with van der Waals surface area (Å²) in [4.78, 5) is 0.222. The normalized spacial score (nSPS) is 20.5. The van der Waals surface area contributed by atoms with Gasteiger partial charge in [0, 0.05) is 11.6 Å². The van der Waals surface area contributed by atoms with Crippen molar-refractivity contribution >= 4 is 10.0 Å². The number of hydrogen-bond donors (Lipinski definition) is 1. The van der Waals surface area contributed by atoms with Crippen LogP contribution in [0.1, 0.15) is 26.2 Å². The van der Waals surface area contributed by atoms with E-state index in [1.807, 2.05) is 6.92 Å². The summed E-state index contributed by atoms with van der Waals surface area (Å²) in [5, 5.41) is 0. The molecule has 0 atom stereocenters. The molecule has 6 heteroatoms. The van der Waals surface area contributed by atoms with Gasteiger partial charge in [0.2, 0.25) is 16.8 Å². The van der Waals surface area contributed by atoms with Crippen LogP contribution in [0.25, 0.3) is 0 Å². The van der Waals surface area contributed by atoms with Gasteiger partial charge in [-0.05, 0) is 38.3 Å². The predicted octanol–water partition coefficient (Wildman–Crippen LogP) is 1.64. The summed E-state index contributed by atoms with van der Waals surface area (Å²) >= 11 is 0. The average Bonchev–Trinajstić information content (AvgIpc) is 2.73. The minimum atomic E-state index is -3.49. The van der Waals surface area contributed by atoms with E-state index in [2.05, 4.69) is 4.72 Å². The Morgan fingerprint density at radius 1 is 1.22 bits per heavy atom. The van der Waals surface area contributed by atoms with Crippen LogP contribution < -0.4 is 14.2 Å². The molecule has 0 saturated heterocycles. The second kappa shape index (κ2) is 3.86. The molecule has 1 heterocycles. The van der Waals surface area contributed by atoms with Crippen LogP contribution in [0.15, 0.2) is 23.1 Å². The van der Waals surface area contributed by atoms with Gasteiger partial charge in [-0.1, -0.05) is 0 Å². The molecule has 5 nitrogen and oxygen atoms in total. The van der Waals surface area contributed by atoms with Gasteiger partial charge in [-0.15, -0.1) is 0 Å². The van der Waals surface area contributed by atoms with Crippen LogP contribution in [0.3, 0.4) is 0 Å². The molecule has 0 aromatic heterocycles. The van der Waals surface area contributed by atoms with Crippen molar-refractivity contribution in [2.75, 3.05) is 6.79 Å². The van der Waals surface area contributed by atoms with Crippen molar-refractivity contribution in [3.05, 3.63) is 18.2 Å². The zero-order chi connectivity index (χ0) is 12.8. The predicted molar refractivity (Wildman–Crippen MR) is 65.1 cm³/mol. The molecular weight excluding hydrogens is 254 g/mol. The SMILES string of the molecule is CC1(NS(=O)(=O)c2ccc3c(c2)OCO3)CCC1. The van der Waals surface area contributed by atoms with E-state index in [1.165, 1.54) is 12.1 Å². The van der Waals surface area contributed by atoms with Gasteiger partial charge in [0.1, 0.15) is 0 Å². The van der Waals surface area contributed by atoms with Crippen LogP contribution in [0.5, 0.6) is 11.5 Å². The molecule has 0 unspecified atom stereocenters. The highest BCUT2D eigenvalue weighted by atomic mass is 32.2. The van der Waals surface area contributed by atoms with E-state index < -0.39 is 10.0 Å². The van der Waals surface area contributed by atoms with E-state index in [1.54, 1.807) is 6.07 Å². The zero-order valence-corrected chi connectivity index (χ0v) is 10.9. The zero-order valence-electron chi connectivity index (χ0n) is 10.1. The van der Waals surface area contributed by atoms with Crippen molar-refractivity contribution in [1.29, 1.82) is 0 Å².